The van der Waals surface area contributed by atoms with Crippen molar-refractivity contribution in [1.29, 1.82) is 0 Å². The van der Waals surface area contributed by atoms with Crippen molar-refractivity contribution < 1.29 is 18.9 Å². The van der Waals surface area contributed by atoms with Gasteiger partial charge in [-0.25, -0.2) is 0 Å². The molecule has 0 aromatic carbocycles. The zero-order valence-electron chi connectivity index (χ0n) is 13.9. The predicted octanol–water partition coefficient (Wildman–Crippen LogP) is -0.268. The molecule has 0 N–H and O–H groups in total. The van der Waals surface area contributed by atoms with Crippen LogP contribution in [-0.4, -0.2) is 75.3 Å². The molecule has 1 atom stereocenters. The molecule has 0 saturated carbocycles. The molecule has 1 aromatic heterocycles. The molecule has 3 amide bonds. The zero-order chi connectivity index (χ0) is 17.3. The molecule has 0 spiro atoms. The first-order chi connectivity index (χ1) is 11.5. The number of aryl methyl sites for hydroxylation is 1. The summed E-state index contributed by atoms with van der Waals surface area (Å²) in [7, 11) is 0. The van der Waals surface area contributed by atoms with Crippen molar-refractivity contribution in [3.63, 3.8) is 0 Å². The summed E-state index contributed by atoms with van der Waals surface area (Å²) in [6.07, 6.45) is 0.419. The van der Waals surface area contributed by atoms with Gasteiger partial charge < -0.3 is 9.42 Å². The lowest BCUT2D eigenvalue weighted by Crippen LogP contribution is -2.52. The van der Waals surface area contributed by atoms with Crippen molar-refractivity contribution >= 4 is 17.7 Å². The number of carbonyl (C=O) groups excluding carboxylic acids is 3. The zero-order valence-corrected chi connectivity index (χ0v) is 13.9. The number of piperazine rings is 1. The summed E-state index contributed by atoms with van der Waals surface area (Å²) in [4.78, 5) is 44.7. The molecule has 1 aromatic rings. The molecule has 2 fully saturated rings. The third-order valence-electron chi connectivity index (χ3n) is 4.56. The second-order valence-corrected chi connectivity index (χ2v) is 6.15. The number of hydrogen-bond donors (Lipinski definition) is 0. The van der Waals surface area contributed by atoms with E-state index in [1.807, 2.05) is 6.92 Å². The molecule has 3 heterocycles. The SMILES string of the molecule is Cc1noc([C@@H](C)N2CCN(C(=O)CN3C(=O)CCC3=O)CC2)n1. The number of nitrogens with zero attached hydrogens (tertiary/aromatic N) is 5. The van der Waals surface area contributed by atoms with E-state index in [4.69, 9.17) is 4.52 Å². The maximum atomic E-state index is 12.3. The van der Waals surface area contributed by atoms with Crippen LogP contribution in [-0.2, 0) is 14.4 Å². The molecule has 3 rings (SSSR count). The topological polar surface area (TPSA) is 99.9 Å². The molecule has 9 heteroatoms. The Morgan fingerprint density at radius 2 is 1.79 bits per heavy atom. The summed E-state index contributed by atoms with van der Waals surface area (Å²) < 4.78 is 5.20. The molecule has 2 aliphatic rings. The van der Waals surface area contributed by atoms with E-state index < -0.39 is 0 Å². The number of carbonyl (C=O) groups is 3. The molecule has 0 aliphatic carbocycles. The van der Waals surface area contributed by atoms with Crippen molar-refractivity contribution in [2.24, 2.45) is 0 Å². The average molecular weight is 335 g/mol. The van der Waals surface area contributed by atoms with Gasteiger partial charge in [-0.3, -0.25) is 24.2 Å². The fourth-order valence-electron chi connectivity index (χ4n) is 3.03. The van der Waals surface area contributed by atoms with Gasteiger partial charge in [0.25, 0.3) is 0 Å². The van der Waals surface area contributed by atoms with Gasteiger partial charge in [-0.05, 0) is 13.8 Å². The highest BCUT2D eigenvalue weighted by atomic mass is 16.5. The van der Waals surface area contributed by atoms with Gasteiger partial charge in [-0.2, -0.15) is 4.98 Å². The Labute approximate surface area is 139 Å². The van der Waals surface area contributed by atoms with E-state index in [0.29, 0.717) is 37.9 Å². The molecule has 0 bridgehead atoms. The van der Waals surface area contributed by atoms with E-state index in [0.717, 1.165) is 4.90 Å². The van der Waals surface area contributed by atoms with Crippen LogP contribution in [0.25, 0.3) is 0 Å². The quantitative estimate of drug-likeness (QED) is 0.698. The van der Waals surface area contributed by atoms with Crippen LogP contribution >= 0.6 is 0 Å². The van der Waals surface area contributed by atoms with Gasteiger partial charge >= 0.3 is 0 Å². The summed E-state index contributed by atoms with van der Waals surface area (Å²) in [5.74, 6) is 0.477. The van der Waals surface area contributed by atoms with Crippen LogP contribution in [0.5, 0.6) is 0 Å². The van der Waals surface area contributed by atoms with Gasteiger partial charge in [0.15, 0.2) is 5.82 Å². The Hall–Kier alpha value is -2.29. The van der Waals surface area contributed by atoms with Gasteiger partial charge in [0, 0.05) is 39.0 Å². The van der Waals surface area contributed by atoms with Crippen LogP contribution in [0.1, 0.15) is 37.5 Å². The molecular formula is C15H21N5O4. The Kier molecular flexibility index (Phi) is 4.61. The number of rotatable bonds is 4. The summed E-state index contributed by atoms with van der Waals surface area (Å²) in [5, 5.41) is 3.80. The fraction of sp³-hybridized carbons (Fsp3) is 0.667. The van der Waals surface area contributed by atoms with Crippen LogP contribution in [0.2, 0.25) is 0 Å². The summed E-state index contributed by atoms with van der Waals surface area (Å²) in [6, 6.07) is -0.00908. The summed E-state index contributed by atoms with van der Waals surface area (Å²) in [6.45, 7) is 6.07. The Morgan fingerprint density at radius 3 is 2.33 bits per heavy atom. The minimum absolute atomic E-state index is 0.00908. The van der Waals surface area contributed by atoms with Crippen LogP contribution in [0, 0.1) is 6.92 Å². The Bertz CT molecular complexity index is 634. The fourth-order valence-corrected chi connectivity index (χ4v) is 3.03. The summed E-state index contributed by atoms with van der Waals surface area (Å²) >= 11 is 0. The monoisotopic (exact) mass is 335 g/mol. The highest BCUT2D eigenvalue weighted by Crippen LogP contribution is 2.20. The highest BCUT2D eigenvalue weighted by molar-refractivity contribution is 6.04. The Balaban J connectivity index is 1.52. The molecule has 2 saturated heterocycles. The number of hydrogen-bond acceptors (Lipinski definition) is 7. The van der Waals surface area contributed by atoms with Gasteiger partial charge in [-0.15, -0.1) is 0 Å². The van der Waals surface area contributed by atoms with E-state index in [9.17, 15) is 14.4 Å². The molecular weight excluding hydrogens is 314 g/mol. The number of aromatic nitrogens is 2. The largest absolute Gasteiger partial charge is 0.339 e. The first-order valence-corrected chi connectivity index (χ1v) is 8.11. The van der Waals surface area contributed by atoms with Gasteiger partial charge in [0.2, 0.25) is 23.6 Å². The Morgan fingerprint density at radius 1 is 1.17 bits per heavy atom. The number of amides is 3. The lowest BCUT2D eigenvalue weighted by atomic mass is 10.2. The van der Waals surface area contributed by atoms with Crippen molar-refractivity contribution in [1.82, 2.24) is 24.8 Å². The molecule has 0 radical (unpaired) electrons. The third kappa shape index (κ3) is 3.30. The van der Waals surface area contributed by atoms with E-state index >= 15 is 0 Å². The molecule has 2 aliphatic heterocycles. The number of imide groups is 1. The molecule has 9 nitrogen and oxygen atoms in total. The lowest BCUT2D eigenvalue weighted by molar-refractivity contribution is -0.146. The minimum Gasteiger partial charge on any atom is -0.339 e. The molecule has 0 unspecified atom stereocenters. The normalized spacial score (nSPS) is 20.8. The van der Waals surface area contributed by atoms with E-state index in [2.05, 4.69) is 15.0 Å². The number of likely N-dealkylation sites (tertiary alicyclic amines) is 1. The molecule has 24 heavy (non-hydrogen) atoms. The smallest absolute Gasteiger partial charge is 0.243 e. The predicted molar refractivity (Wildman–Crippen MR) is 81.6 cm³/mol. The van der Waals surface area contributed by atoms with Crippen molar-refractivity contribution in [2.75, 3.05) is 32.7 Å². The van der Waals surface area contributed by atoms with Gasteiger partial charge in [0.05, 0.1) is 6.04 Å². The maximum absolute atomic E-state index is 12.3. The van der Waals surface area contributed by atoms with Crippen LogP contribution in [0.15, 0.2) is 4.52 Å². The van der Waals surface area contributed by atoms with Crippen LogP contribution in [0.4, 0.5) is 0 Å². The second-order valence-electron chi connectivity index (χ2n) is 6.15. The summed E-state index contributed by atoms with van der Waals surface area (Å²) in [5.41, 5.74) is 0. The first kappa shape index (κ1) is 16.6. The molecule has 130 valence electrons. The van der Waals surface area contributed by atoms with Gasteiger partial charge in [0.1, 0.15) is 6.54 Å². The van der Waals surface area contributed by atoms with E-state index in [-0.39, 0.29) is 43.1 Å². The van der Waals surface area contributed by atoms with E-state index in [1.54, 1.807) is 11.8 Å². The standard InChI is InChI=1S/C15H21N5O4/c1-10(15-16-11(2)17-24-15)18-5-7-19(8-6-18)14(23)9-20-12(21)3-4-13(20)22/h10H,3-9H2,1-2H3/t10-/m1/s1. The first-order valence-electron chi connectivity index (χ1n) is 8.11. The van der Waals surface area contributed by atoms with Crippen molar-refractivity contribution in [3.8, 4) is 0 Å². The van der Waals surface area contributed by atoms with Crippen LogP contribution < -0.4 is 0 Å². The average Bonchev–Trinajstić information content (AvgIpc) is 3.15. The van der Waals surface area contributed by atoms with Crippen molar-refractivity contribution in [3.05, 3.63) is 11.7 Å². The highest BCUT2D eigenvalue weighted by Gasteiger charge is 2.33. The lowest BCUT2D eigenvalue weighted by Gasteiger charge is -2.37. The minimum atomic E-state index is -0.257. The van der Waals surface area contributed by atoms with Crippen LogP contribution in [0.3, 0.4) is 0 Å². The third-order valence-corrected chi connectivity index (χ3v) is 4.56. The maximum Gasteiger partial charge on any atom is 0.243 e. The van der Waals surface area contributed by atoms with Gasteiger partial charge in [-0.1, -0.05) is 5.16 Å². The van der Waals surface area contributed by atoms with E-state index in [1.165, 1.54) is 0 Å². The van der Waals surface area contributed by atoms with Crippen molar-refractivity contribution in [2.45, 2.75) is 32.7 Å². The second kappa shape index (κ2) is 6.68.